The molecular weight excluding hydrogens is 440 g/mol. The molecule has 3 aromatic rings. The summed E-state index contributed by atoms with van der Waals surface area (Å²) >= 11 is 6.12. The average Bonchev–Trinajstić information content (AvgIpc) is 2.81. The summed E-state index contributed by atoms with van der Waals surface area (Å²) in [5.41, 5.74) is 7.10. The van der Waals surface area contributed by atoms with Crippen molar-refractivity contribution < 1.29 is 9.90 Å². The first-order chi connectivity index (χ1) is 16.0. The van der Waals surface area contributed by atoms with E-state index in [1.807, 2.05) is 24.3 Å². The highest BCUT2D eigenvalue weighted by molar-refractivity contribution is 6.30. The summed E-state index contributed by atoms with van der Waals surface area (Å²) in [7, 11) is 0. The highest BCUT2D eigenvalue weighted by Crippen LogP contribution is 2.46. The number of hydrogen-bond donors (Lipinski definition) is 1. The number of carboxylic acids is 1. The fourth-order valence-electron chi connectivity index (χ4n) is 4.97. The van der Waals surface area contributed by atoms with E-state index in [-0.39, 0.29) is 16.7 Å². The quantitative estimate of drug-likeness (QED) is 0.390. The lowest BCUT2D eigenvalue weighted by Gasteiger charge is -2.42. The Kier molecular flexibility index (Phi) is 6.73. The zero-order chi connectivity index (χ0) is 24.5. The Morgan fingerprint density at radius 2 is 1.53 bits per heavy atom. The van der Waals surface area contributed by atoms with Crippen molar-refractivity contribution in [1.82, 2.24) is 0 Å². The normalized spacial score (nSPS) is 17.3. The minimum Gasteiger partial charge on any atom is -0.478 e. The van der Waals surface area contributed by atoms with Gasteiger partial charge in [0.1, 0.15) is 0 Å². The zero-order valence-corrected chi connectivity index (χ0v) is 21.2. The van der Waals surface area contributed by atoms with Crippen molar-refractivity contribution in [2.45, 2.75) is 63.7 Å². The van der Waals surface area contributed by atoms with Crippen molar-refractivity contribution in [2.75, 3.05) is 0 Å². The number of rotatable bonds is 6. The molecule has 0 heterocycles. The maximum absolute atomic E-state index is 11.2. The van der Waals surface area contributed by atoms with Crippen molar-refractivity contribution in [3.63, 3.8) is 0 Å². The topological polar surface area (TPSA) is 37.3 Å². The van der Waals surface area contributed by atoms with Crippen LogP contribution in [0.4, 0.5) is 0 Å². The first-order valence-corrected chi connectivity index (χ1v) is 12.3. The summed E-state index contributed by atoms with van der Waals surface area (Å²) in [6, 6.07) is 22.2. The Morgan fingerprint density at radius 3 is 2.15 bits per heavy atom. The number of aromatic carboxylic acids is 1. The van der Waals surface area contributed by atoms with Crippen LogP contribution in [-0.2, 0) is 17.3 Å². The molecule has 1 N–H and O–H groups in total. The van der Waals surface area contributed by atoms with E-state index in [1.165, 1.54) is 35.1 Å². The minimum absolute atomic E-state index is 0.155. The molecule has 0 spiro atoms. The maximum Gasteiger partial charge on any atom is 0.335 e. The van der Waals surface area contributed by atoms with Gasteiger partial charge < -0.3 is 5.11 Å². The average molecular weight is 473 g/mol. The number of carbonyl (C=O) groups is 1. The fraction of sp³-hybridized carbons (Fsp3) is 0.323. The van der Waals surface area contributed by atoms with Gasteiger partial charge in [-0.25, -0.2) is 4.79 Å². The SMILES string of the molecule is CC1(C)CCC(C)(C)c2cc(C(/C=C/c3ccc(C(=O)O)cc3)Cc3ccc(Cl)cc3)ccc21. The molecule has 176 valence electrons. The van der Waals surface area contributed by atoms with Gasteiger partial charge in [0.2, 0.25) is 0 Å². The molecule has 1 unspecified atom stereocenters. The van der Waals surface area contributed by atoms with Crippen molar-refractivity contribution in [1.29, 1.82) is 0 Å². The minimum atomic E-state index is -0.907. The number of carboxylic acid groups (broad SMARTS) is 1. The molecule has 0 bridgehead atoms. The van der Waals surface area contributed by atoms with Crippen molar-refractivity contribution in [3.8, 4) is 0 Å². The Labute approximate surface area is 208 Å². The molecule has 0 amide bonds. The van der Waals surface area contributed by atoms with Crippen LogP contribution in [0.15, 0.2) is 72.8 Å². The second kappa shape index (κ2) is 9.43. The molecule has 1 atom stereocenters. The lowest BCUT2D eigenvalue weighted by atomic mass is 9.62. The molecule has 0 saturated heterocycles. The fourth-order valence-corrected chi connectivity index (χ4v) is 5.10. The van der Waals surface area contributed by atoms with Crippen molar-refractivity contribution in [3.05, 3.63) is 111 Å². The molecule has 2 nitrogen and oxygen atoms in total. The third-order valence-corrected chi connectivity index (χ3v) is 7.60. The molecule has 0 aromatic heterocycles. The van der Waals surface area contributed by atoms with Crippen LogP contribution in [0, 0.1) is 0 Å². The van der Waals surface area contributed by atoms with Crippen LogP contribution in [0.3, 0.4) is 0 Å². The van der Waals surface area contributed by atoms with Crippen molar-refractivity contribution in [2.24, 2.45) is 0 Å². The van der Waals surface area contributed by atoms with E-state index in [2.05, 4.69) is 70.2 Å². The third kappa shape index (κ3) is 5.28. The molecule has 34 heavy (non-hydrogen) atoms. The number of allylic oxidation sites excluding steroid dienone is 1. The highest BCUT2D eigenvalue weighted by atomic mass is 35.5. The van der Waals surface area contributed by atoms with Gasteiger partial charge in [-0.3, -0.25) is 0 Å². The molecule has 1 aliphatic carbocycles. The van der Waals surface area contributed by atoms with E-state index < -0.39 is 5.97 Å². The monoisotopic (exact) mass is 472 g/mol. The summed E-state index contributed by atoms with van der Waals surface area (Å²) in [5.74, 6) is -0.720. The van der Waals surface area contributed by atoms with Crippen LogP contribution in [0.5, 0.6) is 0 Å². The van der Waals surface area contributed by atoms with Gasteiger partial charge in [-0.05, 0) is 82.2 Å². The predicted octanol–water partition coefficient (Wildman–Crippen LogP) is 8.43. The van der Waals surface area contributed by atoms with Gasteiger partial charge in [0.15, 0.2) is 0 Å². The summed E-state index contributed by atoms with van der Waals surface area (Å²) in [6.45, 7) is 9.43. The molecular formula is C31H33ClO2. The molecule has 3 aromatic carbocycles. The molecule has 4 rings (SSSR count). The van der Waals surface area contributed by atoms with Crippen LogP contribution < -0.4 is 0 Å². The molecule has 3 heteroatoms. The number of halogens is 1. The molecule has 0 radical (unpaired) electrons. The first kappa shape index (κ1) is 24.3. The van der Waals surface area contributed by atoms with E-state index in [1.54, 1.807) is 12.1 Å². The van der Waals surface area contributed by atoms with E-state index >= 15 is 0 Å². The van der Waals surface area contributed by atoms with Crippen LogP contribution in [-0.4, -0.2) is 11.1 Å². The van der Waals surface area contributed by atoms with E-state index in [0.717, 1.165) is 17.0 Å². The van der Waals surface area contributed by atoms with E-state index in [4.69, 9.17) is 11.6 Å². The summed E-state index contributed by atoms with van der Waals surface area (Å²) in [5, 5.41) is 9.92. The Morgan fingerprint density at radius 1 is 0.912 bits per heavy atom. The molecule has 0 fully saturated rings. The Hall–Kier alpha value is -2.84. The third-order valence-electron chi connectivity index (χ3n) is 7.35. The van der Waals surface area contributed by atoms with Crippen molar-refractivity contribution >= 4 is 23.6 Å². The summed E-state index contributed by atoms with van der Waals surface area (Å²) in [6.07, 6.45) is 7.59. The largest absolute Gasteiger partial charge is 0.478 e. The highest BCUT2D eigenvalue weighted by Gasteiger charge is 2.37. The summed E-state index contributed by atoms with van der Waals surface area (Å²) < 4.78 is 0. The first-order valence-electron chi connectivity index (χ1n) is 12.0. The number of benzene rings is 3. The zero-order valence-electron chi connectivity index (χ0n) is 20.4. The molecule has 1 aliphatic rings. The second-order valence-electron chi connectivity index (χ2n) is 10.8. The lowest BCUT2D eigenvalue weighted by Crippen LogP contribution is -2.34. The maximum atomic E-state index is 11.2. The standard InChI is InChI=1S/C31H33ClO2/c1-30(2)17-18-31(3,4)28-20-25(13-16-27(28)30)24(19-22-8-14-26(32)15-9-22)12-7-21-5-10-23(11-6-21)29(33)34/h5-16,20,24H,17-19H2,1-4H3,(H,33,34)/b12-7+. The van der Waals surface area contributed by atoms with Gasteiger partial charge in [0.25, 0.3) is 0 Å². The van der Waals surface area contributed by atoms with Gasteiger partial charge in [-0.1, -0.05) is 93.9 Å². The number of fused-ring (bicyclic) bond motifs is 1. The summed E-state index contributed by atoms with van der Waals surface area (Å²) in [4.78, 5) is 11.2. The Bertz CT molecular complexity index is 1200. The number of hydrogen-bond acceptors (Lipinski definition) is 1. The van der Waals surface area contributed by atoms with Crippen LogP contribution in [0.25, 0.3) is 6.08 Å². The van der Waals surface area contributed by atoms with Gasteiger partial charge in [0, 0.05) is 10.9 Å². The predicted molar refractivity (Wildman–Crippen MR) is 142 cm³/mol. The van der Waals surface area contributed by atoms with Crippen LogP contribution in [0.2, 0.25) is 5.02 Å². The van der Waals surface area contributed by atoms with Gasteiger partial charge in [-0.2, -0.15) is 0 Å². The second-order valence-corrected chi connectivity index (χ2v) is 11.2. The lowest BCUT2D eigenvalue weighted by molar-refractivity contribution is 0.0697. The molecule has 0 saturated carbocycles. The van der Waals surface area contributed by atoms with E-state index in [0.29, 0.717) is 5.56 Å². The van der Waals surface area contributed by atoms with Crippen LogP contribution in [0.1, 0.15) is 84.6 Å². The smallest absolute Gasteiger partial charge is 0.335 e. The van der Waals surface area contributed by atoms with E-state index in [9.17, 15) is 9.90 Å². The van der Waals surface area contributed by atoms with Gasteiger partial charge in [0.05, 0.1) is 5.56 Å². The van der Waals surface area contributed by atoms with Gasteiger partial charge in [-0.15, -0.1) is 0 Å². The molecule has 0 aliphatic heterocycles. The van der Waals surface area contributed by atoms with Gasteiger partial charge >= 0.3 is 5.97 Å². The van der Waals surface area contributed by atoms with Crippen LogP contribution >= 0.6 is 11.6 Å². The Balaban J connectivity index is 1.72.